The molecule has 0 unspecified atom stereocenters. The van der Waals surface area contributed by atoms with Gasteiger partial charge in [-0.1, -0.05) is 12.1 Å². The molecule has 8 nitrogen and oxygen atoms in total. The molecule has 0 fully saturated rings. The van der Waals surface area contributed by atoms with Crippen LogP contribution >= 0.6 is 0 Å². The summed E-state index contributed by atoms with van der Waals surface area (Å²) in [6.07, 6.45) is 0. The van der Waals surface area contributed by atoms with Gasteiger partial charge in [-0.05, 0) is 30.3 Å². The van der Waals surface area contributed by atoms with Crippen LogP contribution in [0.5, 0.6) is 0 Å². The molecule has 0 saturated carbocycles. The Morgan fingerprint density at radius 3 is 2.38 bits per heavy atom. The molecule has 2 rings (SSSR count). The molecule has 0 amide bonds. The number of hydrogen-bond acceptors (Lipinski definition) is 7. The number of para-hydroxylation sites is 1. The van der Waals surface area contributed by atoms with Crippen molar-refractivity contribution < 1.29 is 22.9 Å². The van der Waals surface area contributed by atoms with Crippen LogP contribution in [0.1, 0.15) is 10.4 Å². The second kappa shape index (κ2) is 7.09. The first-order valence-corrected chi connectivity index (χ1v) is 8.39. The zero-order chi connectivity index (χ0) is 17.7. The predicted molar refractivity (Wildman–Crippen MR) is 86.6 cm³/mol. The molecule has 0 saturated heterocycles. The number of hydrogen-bond donors (Lipinski definition) is 1. The highest BCUT2D eigenvalue weighted by Gasteiger charge is 2.24. The molecule has 2 aromatic carbocycles. The zero-order valence-corrected chi connectivity index (χ0v) is 13.4. The van der Waals surface area contributed by atoms with Gasteiger partial charge in [-0.3, -0.25) is 10.1 Å². The Labute approximate surface area is 138 Å². The first kappa shape index (κ1) is 17.4. The van der Waals surface area contributed by atoms with Crippen LogP contribution in [-0.2, 0) is 14.6 Å². The van der Waals surface area contributed by atoms with Crippen LogP contribution < -0.4 is 5.32 Å². The van der Waals surface area contributed by atoms with E-state index in [4.69, 9.17) is 0 Å². The van der Waals surface area contributed by atoms with Gasteiger partial charge in [0.1, 0.15) is 10.8 Å². The summed E-state index contributed by atoms with van der Waals surface area (Å²) < 4.78 is 29.2. The third kappa shape index (κ3) is 3.87. The topological polar surface area (TPSA) is 116 Å². The first-order valence-electron chi connectivity index (χ1n) is 6.73. The molecule has 0 aliphatic heterocycles. The molecule has 0 spiro atoms. The Kier molecular flexibility index (Phi) is 5.14. The van der Waals surface area contributed by atoms with Gasteiger partial charge in [0.25, 0.3) is 5.69 Å². The maximum Gasteiger partial charge on any atom is 0.337 e. The third-order valence-corrected chi connectivity index (χ3v) is 4.71. The number of sulfone groups is 1. The van der Waals surface area contributed by atoms with Gasteiger partial charge in [0.2, 0.25) is 9.84 Å². The number of carbonyl (C=O) groups is 1. The molecule has 0 aromatic heterocycles. The normalized spacial score (nSPS) is 10.9. The molecule has 0 aliphatic rings. The molecule has 2 aromatic rings. The minimum atomic E-state index is -3.91. The summed E-state index contributed by atoms with van der Waals surface area (Å²) in [5.74, 6) is -1.02. The van der Waals surface area contributed by atoms with Crippen molar-refractivity contribution in [2.24, 2.45) is 0 Å². The molecular weight excluding hydrogens is 336 g/mol. The number of esters is 1. The van der Waals surface area contributed by atoms with Crippen LogP contribution in [0.25, 0.3) is 0 Å². The molecule has 24 heavy (non-hydrogen) atoms. The van der Waals surface area contributed by atoms with Crippen LogP contribution in [0.15, 0.2) is 53.4 Å². The summed E-state index contributed by atoms with van der Waals surface area (Å²) in [6, 6.07) is 11.1. The van der Waals surface area contributed by atoms with E-state index in [1.165, 1.54) is 49.6 Å². The molecular formula is C15H14N2O6S. The van der Waals surface area contributed by atoms with E-state index in [0.29, 0.717) is 11.3 Å². The summed E-state index contributed by atoms with van der Waals surface area (Å²) in [5, 5.41) is 13.6. The van der Waals surface area contributed by atoms with Crippen LogP contribution in [0.2, 0.25) is 0 Å². The summed E-state index contributed by atoms with van der Waals surface area (Å²) in [6.45, 7) is 0. The van der Waals surface area contributed by atoms with Crippen LogP contribution in [0.3, 0.4) is 0 Å². The van der Waals surface area contributed by atoms with E-state index < -0.39 is 32.3 Å². The average Bonchev–Trinajstić information content (AvgIpc) is 2.59. The number of nitro benzene ring substituents is 1. The lowest BCUT2D eigenvalue weighted by atomic mass is 10.2. The quantitative estimate of drug-likeness (QED) is 0.482. The van der Waals surface area contributed by atoms with E-state index in [9.17, 15) is 23.3 Å². The highest BCUT2D eigenvalue weighted by Crippen LogP contribution is 2.24. The van der Waals surface area contributed by atoms with Gasteiger partial charge >= 0.3 is 5.97 Å². The second-order valence-electron chi connectivity index (χ2n) is 4.73. The van der Waals surface area contributed by atoms with Crippen molar-refractivity contribution in [1.29, 1.82) is 0 Å². The molecule has 0 bridgehead atoms. The highest BCUT2D eigenvalue weighted by atomic mass is 32.2. The largest absolute Gasteiger partial charge is 0.465 e. The molecule has 0 heterocycles. The number of nitrogens with one attached hydrogen (secondary N) is 1. The van der Waals surface area contributed by atoms with Gasteiger partial charge in [0.15, 0.2) is 0 Å². The lowest BCUT2D eigenvalue weighted by molar-refractivity contribution is -0.387. The highest BCUT2D eigenvalue weighted by molar-refractivity contribution is 7.91. The van der Waals surface area contributed by atoms with Gasteiger partial charge in [0.05, 0.1) is 17.6 Å². The number of nitrogens with zero attached hydrogens (tertiary/aromatic N) is 1. The van der Waals surface area contributed by atoms with E-state index in [1.54, 1.807) is 0 Å². The van der Waals surface area contributed by atoms with E-state index in [1.807, 2.05) is 0 Å². The Morgan fingerprint density at radius 1 is 1.17 bits per heavy atom. The molecule has 0 aliphatic carbocycles. The first-order chi connectivity index (χ1) is 11.3. The van der Waals surface area contributed by atoms with Crippen LogP contribution in [0.4, 0.5) is 11.4 Å². The van der Waals surface area contributed by atoms with Crippen LogP contribution in [0, 0.1) is 10.1 Å². The fraction of sp³-hybridized carbons (Fsp3) is 0.133. The maximum atomic E-state index is 12.3. The zero-order valence-electron chi connectivity index (χ0n) is 12.6. The Bertz CT molecular complexity index is 862. The third-order valence-electron chi connectivity index (χ3n) is 3.17. The number of nitro groups is 1. The van der Waals surface area contributed by atoms with Crippen molar-refractivity contribution >= 4 is 27.2 Å². The Morgan fingerprint density at radius 2 is 1.79 bits per heavy atom. The second-order valence-corrected chi connectivity index (χ2v) is 6.69. The lowest BCUT2D eigenvalue weighted by Crippen LogP contribution is -2.16. The summed E-state index contributed by atoms with van der Waals surface area (Å²) in [4.78, 5) is 21.2. The minimum Gasteiger partial charge on any atom is -0.465 e. The van der Waals surface area contributed by atoms with Gasteiger partial charge in [0, 0.05) is 11.8 Å². The Hall–Kier alpha value is -2.94. The van der Waals surface area contributed by atoms with Crippen molar-refractivity contribution in [2.75, 3.05) is 18.3 Å². The van der Waals surface area contributed by atoms with E-state index >= 15 is 0 Å². The molecule has 1 N–H and O–H groups in total. The molecule has 126 valence electrons. The predicted octanol–water partition coefficient (Wildman–Crippen LogP) is 2.22. The number of anilines is 1. The summed E-state index contributed by atoms with van der Waals surface area (Å²) in [7, 11) is -2.65. The summed E-state index contributed by atoms with van der Waals surface area (Å²) >= 11 is 0. The molecule has 0 radical (unpaired) electrons. The Balaban J connectivity index is 2.16. The number of benzene rings is 2. The van der Waals surface area contributed by atoms with Gasteiger partial charge in [-0.2, -0.15) is 0 Å². The standard InChI is InChI=1S/C15H14N2O6S/c1-23-15(18)11-6-8-12(9-7-11)16-10-24(21,22)14-5-3-2-4-13(14)17(19)20/h2-9,16H,10H2,1H3. The summed E-state index contributed by atoms with van der Waals surface area (Å²) in [5.41, 5.74) is 0.301. The maximum absolute atomic E-state index is 12.3. The number of methoxy groups -OCH3 is 1. The van der Waals surface area contributed by atoms with E-state index in [0.717, 1.165) is 6.07 Å². The van der Waals surface area contributed by atoms with E-state index in [-0.39, 0.29) is 4.90 Å². The number of ether oxygens (including phenoxy) is 1. The van der Waals surface area contributed by atoms with Crippen molar-refractivity contribution in [3.63, 3.8) is 0 Å². The molecule has 0 atom stereocenters. The van der Waals surface area contributed by atoms with Crippen molar-refractivity contribution in [3.8, 4) is 0 Å². The number of carbonyl (C=O) groups excluding carboxylic acids is 1. The van der Waals surface area contributed by atoms with Crippen LogP contribution in [-0.4, -0.2) is 32.3 Å². The van der Waals surface area contributed by atoms with Gasteiger partial charge < -0.3 is 10.1 Å². The van der Waals surface area contributed by atoms with Crippen molar-refractivity contribution in [1.82, 2.24) is 0 Å². The van der Waals surface area contributed by atoms with Gasteiger partial charge in [-0.15, -0.1) is 0 Å². The lowest BCUT2D eigenvalue weighted by Gasteiger charge is -2.09. The monoisotopic (exact) mass is 350 g/mol. The number of rotatable bonds is 6. The average molecular weight is 350 g/mol. The van der Waals surface area contributed by atoms with Crippen molar-refractivity contribution in [2.45, 2.75) is 4.90 Å². The molecule has 9 heteroatoms. The SMILES string of the molecule is COC(=O)c1ccc(NCS(=O)(=O)c2ccccc2[N+](=O)[O-])cc1. The minimum absolute atomic E-state index is 0.324. The smallest absolute Gasteiger partial charge is 0.337 e. The van der Waals surface area contributed by atoms with Gasteiger partial charge in [-0.25, -0.2) is 13.2 Å². The fourth-order valence-corrected chi connectivity index (χ4v) is 3.23. The fourth-order valence-electron chi connectivity index (χ4n) is 1.97. The van der Waals surface area contributed by atoms with Crippen molar-refractivity contribution in [3.05, 3.63) is 64.2 Å². The van der Waals surface area contributed by atoms with E-state index in [2.05, 4.69) is 10.1 Å².